The van der Waals surface area contributed by atoms with E-state index in [9.17, 15) is 13.9 Å². The summed E-state index contributed by atoms with van der Waals surface area (Å²) < 4.78 is 30.9. The van der Waals surface area contributed by atoms with Crippen LogP contribution in [0.4, 0.5) is 8.78 Å². The summed E-state index contributed by atoms with van der Waals surface area (Å²) in [5, 5.41) is 27.4. The van der Waals surface area contributed by atoms with Crippen molar-refractivity contribution < 1.29 is 13.9 Å². The van der Waals surface area contributed by atoms with Gasteiger partial charge in [0, 0.05) is 36.7 Å². The third-order valence-corrected chi connectivity index (χ3v) is 4.62. The van der Waals surface area contributed by atoms with Crippen LogP contribution in [0.1, 0.15) is 24.0 Å². The molecule has 0 saturated carbocycles. The van der Waals surface area contributed by atoms with Gasteiger partial charge in [-0.05, 0) is 31.2 Å². The fourth-order valence-electron chi connectivity index (χ4n) is 3.00. The van der Waals surface area contributed by atoms with Crippen molar-refractivity contribution in [1.82, 2.24) is 29.8 Å². The van der Waals surface area contributed by atoms with Gasteiger partial charge in [-0.3, -0.25) is 15.7 Å². The smallest absolute Gasteiger partial charge is 0.196 e. The minimum Gasteiger partial charge on any atom is -0.360 e. The lowest BCUT2D eigenvalue weighted by atomic mass is 10.1. The van der Waals surface area contributed by atoms with Crippen molar-refractivity contribution in [2.24, 2.45) is 10.8 Å². The Morgan fingerprint density at radius 1 is 1.30 bits per heavy atom. The van der Waals surface area contributed by atoms with Gasteiger partial charge < -0.3 is 5.11 Å². The zero-order valence-electron chi connectivity index (χ0n) is 16.2. The molecule has 0 aliphatic heterocycles. The molecule has 30 heavy (non-hydrogen) atoms. The highest BCUT2D eigenvalue weighted by Crippen LogP contribution is 2.24. The summed E-state index contributed by atoms with van der Waals surface area (Å²) in [6.45, 7) is 1.69. The second-order valence-electron chi connectivity index (χ2n) is 6.68. The van der Waals surface area contributed by atoms with Gasteiger partial charge in [0.05, 0.1) is 11.2 Å². The average Bonchev–Trinajstić information content (AvgIpc) is 3.13. The lowest BCUT2D eigenvalue weighted by Crippen LogP contribution is -2.35. The summed E-state index contributed by atoms with van der Waals surface area (Å²) in [5.41, 5.74) is 6.80. The van der Waals surface area contributed by atoms with Crippen molar-refractivity contribution in [3.8, 4) is 0 Å². The predicted octanol–water partition coefficient (Wildman–Crippen LogP) is 1.43. The fourth-order valence-corrected chi connectivity index (χ4v) is 3.00. The van der Waals surface area contributed by atoms with Crippen LogP contribution in [0, 0.1) is 11.6 Å². The molecule has 4 aromatic rings. The number of hydrazone groups is 1. The Hall–Kier alpha value is -3.57. The number of halogens is 2. The van der Waals surface area contributed by atoms with Crippen molar-refractivity contribution in [3.05, 3.63) is 65.2 Å². The molecule has 154 valence electrons. The first kappa shape index (κ1) is 19.7. The maximum absolute atomic E-state index is 14.9. The highest BCUT2D eigenvalue weighted by molar-refractivity contribution is 5.96. The van der Waals surface area contributed by atoms with Crippen molar-refractivity contribution in [1.29, 1.82) is 0 Å². The van der Waals surface area contributed by atoms with E-state index in [1.54, 1.807) is 31.2 Å². The molecule has 0 spiro atoms. The van der Waals surface area contributed by atoms with E-state index in [1.165, 1.54) is 28.8 Å². The quantitative estimate of drug-likeness (QED) is 0.289. The van der Waals surface area contributed by atoms with E-state index in [0.717, 1.165) is 0 Å². The Kier molecular flexibility index (Phi) is 5.06. The van der Waals surface area contributed by atoms with Crippen molar-refractivity contribution >= 4 is 22.3 Å². The molecule has 0 aliphatic rings. The molecule has 3 N–H and O–H groups in total. The van der Waals surface area contributed by atoms with Crippen LogP contribution in [0.5, 0.6) is 0 Å². The van der Waals surface area contributed by atoms with E-state index in [-0.39, 0.29) is 28.7 Å². The number of aliphatic hydroxyl groups is 1. The molecule has 0 radical (unpaired) electrons. The summed E-state index contributed by atoms with van der Waals surface area (Å²) in [6, 6.07) is 7.66. The largest absolute Gasteiger partial charge is 0.360 e. The summed E-state index contributed by atoms with van der Waals surface area (Å²) in [5.74, 6) is -1.15. The first-order valence-corrected chi connectivity index (χ1v) is 9.00. The fraction of sp³-hybridized carbons (Fsp3) is 0.211. The molecule has 0 bridgehead atoms. The van der Waals surface area contributed by atoms with Crippen LogP contribution in [-0.4, -0.2) is 54.0 Å². The van der Waals surface area contributed by atoms with Crippen LogP contribution in [0.3, 0.4) is 0 Å². The van der Waals surface area contributed by atoms with E-state index in [0.29, 0.717) is 17.1 Å². The molecule has 1 atom stereocenters. The summed E-state index contributed by atoms with van der Waals surface area (Å²) >= 11 is 0. The number of nitrogens with two attached hydrogens (primary N) is 1. The number of fused-ring (bicyclic) bond motifs is 2. The van der Waals surface area contributed by atoms with E-state index in [1.807, 2.05) is 0 Å². The molecule has 0 aliphatic carbocycles. The van der Waals surface area contributed by atoms with E-state index >= 15 is 0 Å². The zero-order chi connectivity index (χ0) is 21.4. The van der Waals surface area contributed by atoms with Gasteiger partial charge in [0.1, 0.15) is 17.3 Å². The Bertz CT molecular complexity index is 1270. The number of rotatable bonds is 5. The lowest BCUT2D eigenvalue weighted by molar-refractivity contribution is 0.0300. The second-order valence-corrected chi connectivity index (χ2v) is 6.68. The summed E-state index contributed by atoms with van der Waals surface area (Å²) in [7, 11) is 1.51. The Morgan fingerprint density at radius 2 is 2.10 bits per heavy atom. The molecule has 4 rings (SSSR count). The predicted molar refractivity (Wildman–Crippen MR) is 105 cm³/mol. The standard InChI is InChI=1S/C19H18F2N8O/c1-10(26-28(2)19(22)30)14-5-6-16-24-25-17(29(16)27-14)8-12-13(20)9-15-11(18(12)21)4-3-7-23-15/h3-7,9,19,30H,8,22H2,1-2H3. The van der Waals surface area contributed by atoms with Crippen LogP contribution in [0.2, 0.25) is 0 Å². The SMILES string of the molecule is CC(=NN(C)C(N)O)c1ccc2nnc(Cc3c(F)cc4ncccc4c3F)n2n1. The molecule has 3 aromatic heterocycles. The summed E-state index contributed by atoms with van der Waals surface area (Å²) in [6.07, 6.45) is 0.0589. The Balaban J connectivity index is 1.75. The topological polar surface area (TPSA) is 118 Å². The summed E-state index contributed by atoms with van der Waals surface area (Å²) in [4.78, 5) is 3.99. The van der Waals surface area contributed by atoms with Crippen LogP contribution < -0.4 is 5.73 Å². The number of aliphatic hydroxyl groups excluding tert-OH is 1. The molecule has 0 amide bonds. The van der Waals surface area contributed by atoms with Crippen molar-refractivity contribution in [2.45, 2.75) is 19.7 Å². The van der Waals surface area contributed by atoms with Gasteiger partial charge in [0.15, 0.2) is 17.8 Å². The van der Waals surface area contributed by atoms with Crippen LogP contribution in [0.25, 0.3) is 16.6 Å². The van der Waals surface area contributed by atoms with Crippen LogP contribution in [0.15, 0.2) is 41.6 Å². The number of benzene rings is 1. The van der Waals surface area contributed by atoms with Gasteiger partial charge in [-0.15, -0.1) is 10.2 Å². The minimum absolute atomic E-state index is 0.145. The molecule has 1 unspecified atom stereocenters. The third kappa shape index (κ3) is 3.55. The third-order valence-electron chi connectivity index (χ3n) is 4.62. The first-order valence-electron chi connectivity index (χ1n) is 9.00. The maximum atomic E-state index is 14.9. The molecule has 0 fully saturated rings. The monoisotopic (exact) mass is 412 g/mol. The zero-order valence-corrected chi connectivity index (χ0v) is 16.2. The molecule has 1 aromatic carbocycles. The van der Waals surface area contributed by atoms with Gasteiger partial charge in [-0.1, -0.05) is 0 Å². The number of hydrogen-bond donors (Lipinski definition) is 2. The maximum Gasteiger partial charge on any atom is 0.196 e. The van der Waals surface area contributed by atoms with E-state index < -0.39 is 18.0 Å². The molecular formula is C19H18F2N8O. The van der Waals surface area contributed by atoms with Crippen LogP contribution >= 0.6 is 0 Å². The van der Waals surface area contributed by atoms with Gasteiger partial charge in [0.25, 0.3) is 0 Å². The highest BCUT2D eigenvalue weighted by atomic mass is 19.1. The van der Waals surface area contributed by atoms with Gasteiger partial charge in [-0.25, -0.2) is 8.78 Å². The van der Waals surface area contributed by atoms with Crippen LogP contribution in [-0.2, 0) is 6.42 Å². The normalized spacial score (nSPS) is 13.2. The Labute approximate surface area is 169 Å². The Morgan fingerprint density at radius 3 is 2.87 bits per heavy atom. The first-order chi connectivity index (χ1) is 14.3. The molecular weight excluding hydrogens is 394 g/mol. The second kappa shape index (κ2) is 7.69. The number of pyridine rings is 1. The van der Waals surface area contributed by atoms with Gasteiger partial charge >= 0.3 is 0 Å². The number of hydrogen-bond acceptors (Lipinski definition) is 8. The number of aromatic nitrogens is 5. The van der Waals surface area contributed by atoms with Crippen molar-refractivity contribution in [3.63, 3.8) is 0 Å². The van der Waals surface area contributed by atoms with Gasteiger partial charge in [-0.2, -0.15) is 14.7 Å². The van der Waals surface area contributed by atoms with E-state index in [2.05, 4.69) is 25.4 Å². The van der Waals surface area contributed by atoms with Crippen molar-refractivity contribution in [2.75, 3.05) is 7.05 Å². The minimum atomic E-state index is -1.26. The van der Waals surface area contributed by atoms with E-state index in [4.69, 9.17) is 5.73 Å². The average molecular weight is 412 g/mol. The highest BCUT2D eigenvalue weighted by Gasteiger charge is 2.18. The molecule has 3 heterocycles. The molecule has 11 heteroatoms. The number of nitrogens with zero attached hydrogens (tertiary/aromatic N) is 7. The molecule has 0 saturated heterocycles. The molecule has 9 nitrogen and oxygen atoms in total. The van der Waals surface area contributed by atoms with Gasteiger partial charge in [0.2, 0.25) is 0 Å². The lowest BCUT2D eigenvalue weighted by Gasteiger charge is -2.16.